The first-order chi connectivity index (χ1) is 13.2. The number of halogens is 3. The molecule has 0 unspecified atom stereocenters. The molecule has 0 aliphatic heterocycles. The fraction of sp³-hybridized carbons (Fsp3) is 0.105. The van der Waals surface area contributed by atoms with Crippen LogP contribution >= 0.6 is 12.2 Å². The van der Waals surface area contributed by atoms with Gasteiger partial charge in [0.15, 0.2) is 4.77 Å². The molecule has 3 aromatic rings. The van der Waals surface area contributed by atoms with Gasteiger partial charge in [0, 0.05) is 17.8 Å². The number of H-pyrrole nitrogens is 1. The fourth-order valence-corrected chi connectivity index (χ4v) is 2.93. The Balaban J connectivity index is 1.95. The molecule has 0 bridgehead atoms. The van der Waals surface area contributed by atoms with Crippen LogP contribution < -0.4 is 10.9 Å². The highest BCUT2D eigenvalue weighted by atomic mass is 32.1. The van der Waals surface area contributed by atoms with Crippen molar-refractivity contribution in [3.8, 4) is 0 Å². The van der Waals surface area contributed by atoms with Gasteiger partial charge < -0.3 is 10.3 Å². The zero-order valence-corrected chi connectivity index (χ0v) is 15.2. The number of nitrogens with zero attached hydrogens (tertiary/aromatic N) is 1. The molecular formula is C19H14F3N3O2S. The second kappa shape index (κ2) is 7.43. The van der Waals surface area contributed by atoms with Gasteiger partial charge in [-0.1, -0.05) is 12.1 Å². The topological polar surface area (TPSA) is 66.9 Å². The van der Waals surface area contributed by atoms with E-state index in [2.05, 4.69) is 16.9 Å². The summed E-state index contributed by atoms with van der Waals surface area (Å²) in [6, 6.07) is 8.63. The van der Waals surface area contributed by atoms with E-state index in [-0.39, 0.29) is 28.1 Å². The minimum atomic E-state index is -4.51. The van der Waals surface area contributed by atoms with Crippen LogP contribution in [0.4, 0.5) is 18.9 Å². The number of hydrogen-bond acceptors (Lipinski definition) is 3. The number of aromatic amines is 1. The van der Waals surface area contributed by atoms with E-state index in [0.717, 1.165) is 12.1 Å². The summed E-state index contributed by atoms with van der Waals surface area (Å²) in [5, 5.41) is 2.75. The third-order valence-corrected chi connectivity index (χ3v) is 4.33. The zero-order chi connectivity index (χ0) is 20.5. The van der Waals surface area contributed by atoms with E-state index in [1.54, 1.807) is 0 Å². The van der Waals surface area contributed by atoms with Crippen LogP contribution in [0.2, 0.25) is 0 Å². The Morgan fingerprint density at radius 2 is 2.00 bits per heavy atom. The molecule has 0 radical (unpaired) electrons. The minimum Gasteiger partial charge on any atom is -0.332 e. The van der Waals surface area contributed by atoms with Crippen molar-refractivity contribution in [2.75, 3.05) is 5.32 Å². The number of benzene rings is 2. The fourth-order valence-electron chi connectivity index (χ4n) is 2.67. The van der Waals surface area contributed by atoms with E-state index < -0.39 is 17.6 Å². The number of nitrogens with one attached hydrogen (secondary N) is 2. The van der Waals surface area contributed by atoms with Crippen molar-refractivity contribution in [2.45, 2.75) is 12.7 Å². The number of rotatable bonds is 4. The second-order valence-electron chi connectivity index (χ2n) is 5.93. The number of aromatic nitrogens is 2. The smallest absolute Gasteiger partial charge is 0.332 e. The summed E-state index contributed by atoms with van der Waals surface area (Å²) < 4.78 is 39.9. The Morgan fingerprint density at radius 3 is 2.68 bits per heavy atom. The second-order valence-corrected chi connectivity index (χ2v) is 6.31. The summed E-state index contributed by atoms with van der Waals surface area (Å²) >= 11 is 5.15. The third kappa shape index (κ3) is 3.89. The van der Waals surface area contributed by atoms with Crippen molar-refractivity contribution in [1.82, 2.24) is 9.55 Å². The lowest BCUT2D eigenvalue weighted by Gasteiger charge is -2.10. The Morgan fingerprint density at radius 1 is 1.25 bits per heavy atom. The summed E-state index contributed by atoms with van der Waals surface area (Å²) in [6.45, 7) is 3.81. The Labute approximate surface area is 162 Å². The number of carbonyl (C=O) groups excluding carboxylic acids is 1. The SMILES string of the molecule is C=CCn1c(=S)[nH]c2cc(C(=O)Nc3cccc(C(F)(F)F)c3)ccc2c1=O. The maximum atomic E-state index is 12.8. The third-order valence-electron chi connectivity index (χ3n) is 4.00. The molecule has 0 saturated carbocycles. The molecule has 9 heteroatoms. The van der Waals surface area contributed by atoms with Crippen LogP contribution in [0.15, 0.2) is 59.9 Å². The highest BCUT2D eigenvalue weighted by Crippen LogP contribution is 2.30. The quantitative estimate of drug-likeness (QED) is 0.496. The van der Waals surface area contributed by atoms with E-state index >= 15 is 0 Å². The van der Waals surface area contributed by atoms with E-state index in [9.17, 15) is 22.8 Å². The molecule has 1 aromatic heterocycles. The van der Waals surface area contributed by atoms with Crippen molar-refractivity contribution in [3.05, 3.63) is 81.4 Å². The van der Waals surface area contributed by atoms with Gasteiger partial charge in [0.2, 0.25) is 0 Å². The Hall–Kier alpha value is -3.20. The zero-order valence-electron chi connectivity index (χ0n) is 14.3. The summed E-state index contributed by atoms with van der Waals surface area (Å²) in [6.07, 6.45) is -2.97. The molecule has 3 rings (SSSR count). The van der Waals surface area contributed by atoms with Crippen LogP contribution in [0.25, 0.3) is 10.9 Å². The predicted molar refractivity (Wildman–Crippen MR) is 103 cm³/mol. The molecule has 0 spiro atoms. The molecule has 0 atom stereocenters. The maximum Gasteiger partial charge on any atom is 0.416 e. The summed E-state index contributed by atoms with van der Waals surface area (Å²) in [5.74, 6) is -0.615. The van der Waals surface area contributed by atoms with Gasteiger partial charge in [-0.3, -0.25) is 14.2 Å². The average Bonchev–Trinajstić information content (AvgIpc) is 2.64. The molecule has 2 N–H and O–H groups in total. The maximum absolute atomic E-state index is 12.8. The number of fused-ring (bicyclic) bond motifs is 1. The summed E-state index contributed by atoms with van der Waals surface area (Å²) in [4.78, 5) is 27.8. The lowest BCUT2D eigenvalue weighted by molar-refractivity contribution is -0.137. The summed E-state index contributed by atoms with van der Waals surface area (Å²) in [7, 11) is 0. The number of alkyl halides is 3. The van der Waals surface area contributed by atoms with Crippen LogP contribution in [0, 0.1) is 4.77 Å². The molecule has 1 heterocycles. The Kier molecular flexibility index (Phi) is 5.19. The van der Waals surface area contributed by atoms with Gasteiger partial charge in [-0.25, -0.2) is 0 Å². The number of allylic oxidation sites excluding steroid dienone is 1. The lowest BCUT2D eigenvalue weighted by atomic mass is 10.1. The predicted octanol–water partition coefficient (Wildman–Crippen LogP) is 4.52. The van der Waals surface area contributed by atoms with Crippen molar-refractivity contribution >= 4 is 34.7 Å². The molecule has 5 nitrogen and oxygen atoms in total. The van der Waals surface area contributed by atoms with Crippen LogP contribution in [0.3, 0.4) is 0 Å². The van der Waals surface area contributed by atoms with Gasteiger partial charge in [-0.05, 0) is 48.6 Å². The van der Waals surface area contributed by atoms with Crippen molar-refractivity contribution in [3.63, 3.8) is 0 Å². The van der Waals surface area contributed by atoms with Crippen LogP contribution in [-0.2, 0) is 12.7 Å². The number of carbonyl (C=O) groups is 1. The summed E-state index contributed by atoms with van der Waals surface area (Å²) in [5.41, 5.74) is -0.670. The molecule has 0 fully saturated rings. The highest BCUT2D eigenvalue weighted by Gasteiger charge is 2.30. The van der Waals surface area contributed by atoms with Crippen molar-refractivity contribution in [2.24, 2.45) is 0 Å². The first kappa shape index (κ1) is 19.6. The Bertz CT molecular complexity index is 1200. The van der Waals surface area contributed by atoms with E-state index in [4.69, 9.17) is 12.2 Å². The average molecular weight is 405 g/mol. The van der Waals surface area contributed by atoms with Gasteiger partial charge >= 0.3 is 6.18 Å². The van der Waals surface area contributed by atoms with E-state index in [1.165, 1.54) is 41.0 Å². The van der Waals surface area contributed by atoms with E-state index in [0.29, 0.717) is 10.9 Å². The van der Waals surface area contributed by atoms with Crippen LogP contribution in [-0.4, -0.2) is 15.5 Å². The number of amides is 1. The number of hydrogen-bond donors (Lipinski definition) is 2. The van der Waals surface area contributed by atoms with Gasteiger partial charge in [0.25, 0.3) is 11.5 Å². The minimum absolute atomic E-state index is 0.00857. The lowest BCUT2D eigenvalue weighted by Crippen LogP contribution is -2.22. The molecule has 1 amide bonds. The van der Waals surface area contributed by atoms with Crippen LogP contribution in [0.1, 0.15) is 15.9 Å². The normalized spacial score (nSPS) is 11.4. The van der Waals surface area contributed by atoms with Crippen molar-refractivity contribution < 1.29 is 18.0 Å². The highest BCUT2D eigenvalue weighted by molar-refractivity contribution is 7.71. The largest absolute Gasteiger partial charge is 0.416 e. The van der Waals surface area contributed by atoms with Gasteiger partial charge in [-0.2, -0.15) is 13.2 Å². The molecule has 0 saturated heterocycles. The molecule has 144 valence electrons. The molecule has 0 aliphatic rings. The molecular weight excluding hydrogens is 391 g/mol. The van der Waals surface area contributed by atoms with Gasteiger partial charge in [-0.15, -0.1) is 6.58 Å². The number of anilines is 1. The van der Waals surface area contributed by atoms with Gasteiger partial charge in [0.1, 0.15) is 0 Å². The van der Waals surface area contributed by atoms with Crippen LogP contribution in [0.5, 0.6) is 0 Å². The van der Waals surface area contributed by atoms with Crippen molar-refractivity contribution in [1.29, 1.82) is 0 Å². The molecule has 0 aliphatic carbocycles. The van der Waals surface area contributed by atoms with E-state index in [1.807, 2.05) is 0 Å². The molecule has 28 heavy (non-hydrogen) atoms. The molecule has 2 aromatic carbocycles. The first-order valence-electron chi connectivity index (χ1n) is 8.07. The van der Waals surface area contributed by atoms with Gasteiger partial charge in [0.05, 0.1) is 16.5 Å². The first-order valence-corrected chi connectivity index (χ1v) is 8.48. The monoisotopic (exact) mass is 405 g/mol. The standard InChI is InChI=1S/C19H14F3N3O2S/c1-2-8-25-17(27)14-7-6-11(9-15(14)24-18(25)28)16(26)23-13-5-3-4-12(10-13)19(20,21)22/h2-7,9-10H,1,8H2,(H,23,26)(H,24,28).